The van der Waals surface area contributed by atoms with Crippen LogP contribution in [0.1, 0.15) is 27.9 Å². The SMILES string of the molecule is NC(=O)c1cccc(CCNCc2cccc3c2OCCCO3)c1. The summed E-state index contributed by atoms with van der Waals surface area (Å²) < 4.78 is 11.5. The predicted molar refractivity (Wildman–Crippen MR) is 92.4 cm³/mol. The van der Waals surface area contributed by atoms with Gasteiger partial charge in [-0.05, 0) is 36.7 Å². The minimum Gasteiger partial charge on any atom is -0.490 e. The summed E-state index contributed by atoms with van der Waals surface area (Å²) in [6, 6.07) is 13.4. The molecule has 2 aromatic rings. The van der Waals surface area contributed by atoms with E-state index in [1.54, 1.807) is 6.07 Å². The number of hydrogen-bond donors (Lipinski definition) is 2. The molecule has 0 spiro atoms. The molecule has 3 N–H and O–H groups in total. The Labute approximate surface area is 141 Å². The topological polar surface area (TPSA) is 73.6 Å². The first-order valence-corrected chi connectivity index (χ1v) is 8.21. The quantitative estimate of drug-likeness (QED) is 0.799. The van der Waals surface area contributed by atoms with Crippen molar-refractivity contribution in [3.8, 4) is 11.5 Å². The van der Waals surface area contributed by atoms with Crippen LogP contribution in [0, 0.1) is 0 Å². The molecule has 0 fully saturated rings. The number of primary amides is 1. The lowest BCUT2D eigenvalue weighted by molar-refractivity contribution is 0.1000. The highest BCUT2D eigenvalue weighted by Gasteiger charge is 2.13. The molecule has 1 aliphatic rings. The second-order valence-electron chi connectivity index (χ2n) is 5.79. The van der Waals surface area contributed by atoms with Gasteiger partial charge in [-0.3, -0.25) is 4.79 Å². The zero-order chi connectivity index (χ0) is 16.8. The van der Waals surface area contributed by atoms with E-state index in [4.69, 9.17) is 15.2 Å². The summed E-state index contributed by atoms with van der Waals surface area (Å²) in [5, 5.41) is 3.42. The molecule has 3 rings (SSSR count). The third kappa shape index (κ3) is 4.06. The second kappa shape index (κ2) is 7.84. The summed E-state index contributed by atoms with van der Waals surface area (Å²) in [4.78, 5) is 11.2. The minimum atomic E-state index is -0.395. The number of carbonyl (C=O) groups is 1. The van der Waals surface area contributed by atoms with Crippen LogP contribution >= 0.6 is 0 Å². The largest absolute Gasteiger partial charge is 0.490 e. The van der Waals surface area contributed by atoms with Crippen molar-refractivity contribution in [3.05, 3.63) is 59.2 Å². The van der Waals surface area contributed by atoms with Gasteiger partial charge >= 0.3 is 0 Å². The molecule has 24 heavy (non-hydrogen) atoms. The first-order valence-electron chi connectivity index (χ1n) is 8.21. The number of para-hydroxylation sites is 1. The molecule has 126 valence electrons. The van der Waals surface area contributed by atoms with E-state index in [2.05, 4.69) is 5.32 Å². The van der Waals surface area contributed by atoms with E-state index in [0.29, 0.717) is 25.3 Å². The number of rotatable bonds is 6. The third-order valence-electron chi connectivity index (χ3n) is 3.97. The summed E-state index contributed by atoms with van der Waals surface area (Å²) in [5.74, 6) is 1.27. The van der Waals surface area contributed by atoms with Crippen LogP contribution < -0.4 is 20.5 Å². The van der Waals surface area contributed by atoms with Crippen LogP contribution in [0.2, 0.25) is 0 Å². The lowest BCUT2D eigenvalue weighted by atomic mass is 10.1. The van der Waals surface area contributed by atoms with Crippen LogP contribution in [0.5, 0.6) is 11.5 Å². The summed E-state index contributed by atoms with van der Waals surface area (Å²) in [6.45, 7) is 2.89. The van der Waals surface area contributed by atoms with E-state index in [9.17, 15) is 4.79 Å². The molecule has 5 heteroatoms. The van der Waals surface area contributed by atoms with Crippen molar-refractivity contribution >= 4 is 5.91 Å². The molecule has 1 heterocycles. The fraction of sp³-hybridized carbons (Fsp3) is 0.316. The van der Waals surface area contributed by atoms with Crippen LogP contribution in [-0.2, 0) is 13.0 Å². The van der Waals surface area contributed by atoms with Crippen molar-refractivity contribution in [1.29, 1.82) is 0 Å². The molecular weight excluding hydrogens is 304 g/mol. The number of nitrogens with two attached hydrogens (primary N) is 1. The van der Waals surface area contributed by atoms with Gasteiger partial charge in [0, 0.05) is 24.1 Å². The number of amides is 1. The standard InChI is InChI=1S/C19H22N2O3/c20-19(22)15-5-1-4-14(12-15)8-9-21-13-16-6-2-7-17-18(16)24-11-3-10-23-17/h1-2,4-7,12,21H,3,8-11,13H2,(H2,20,22). The molecular formula is C19H22N2O3. The summed E-state index contributed by atoms with van der Waals surface area (Å²) in [5.41, 5.74) is 8.04. The first kappa shape index (κ1) is 16.3. The molecule has 0 saturated heterocycles. The van der Waals surface area contributed by atoms with E-state index in [0.717, 1.165) is 42.0 Å². The van der Waals surface area contributed by atoms with Crippen LogP contribution in [-0.4, -0.2) is 25.7 Å². The van der Waals surface area contributed by atoms with E-state index >= 15 is 0 Å². The van der Waals surface area contributed by atoms with Gasteiger partial charge in [0.1, 0.15) is 0 Å². The van der Waals surface area contributed by atoms with Gasteiger partial charge in [-0.15, -0.1) is 0 Å². The molecule has 0 aromatic heterocycles. The normalized spacial score (nSPS) is 13.3. The minimum absolute atomic E-state index is 0.395. The van der Waals surface area contributed by atoms with E-state index in [-0.39, 0.29) is 0 Å². The smallest absolute Gasteiger partial charge is 0.248 e. The Balaban J connectivity index is 1.56. The Hall–Kier alpha value is -2.53. The number of ether oxygens (including phenoxy) is 2. The van der Waals surface area contributed by atoms with Gasteiger partial charge in [-0.1, -0.05) is 24.3 Å². The van der Waals surface area contributed by atoms with Gasteiger partial charge in [0.05, 0.1) is 13.2 Å². The van der Waals surface area contributed by atoms with Crippen LogP contribution in [0.4, 0.5) is 0 Å². The molecule has 1 aliphatic heterocycles. The third-order valence-corrected chi connectivity index (χ3v) is 3.97. The van der Waals surface area contributed by atoms with Gasteiger partial charge in [0.15, 0.2) is 11.5 Å². The van der Waals surface area contributed by atoms with Gasteiger partial charge in [-0.2, -0.15) is 0 Å². The Kier molecular flexibility index (Phi) is 5.33. The van der Waals surface area contributed by atoms with E-state index in [1.165, 1.54) is 0 Å². The molecule has 2 aromatic carbocycles. The maximum Gasteiger partial charge on any atom is 0.248 e. The fourth-order valence-electron chi connectivity index (χ4n) is 2.73. The summed E-state index contributed by atoms with van der Waals surface area (Å²) in [6.07, 6.45) is 1.73. The number of hydrogen-bond acceptors (Lipinski definition) is 4. The maximum absolute atomic E-state index is 11.2. The molecule has 0 saturated carbocycles. The van der Waals surface area contributed by atoms with Gasteiger partial charge in [0.25, 0.3) is 0 Å². The lowest BCUT2D eigenvalue weighted by Crippen LogP contribution is -2.18. The van der Waals surface area contributed by atoms with Crippen molar-refractivity contribution in [2.75, 3.05) is 19.8 Å². The molecule has 5 nitrogen and oxygen atoms in total. The highest BCUT2D eigenvalue weighted by atomic mass is 16.5. The lowest BCUT2D eigenvalue weighted by Gasteiger charge is -2.13. The average molecular weight is 326 g/mol. The zero-order valence-corrected chi connectivity index (χ0v) is 13.6. The first-order chi connectivity index (χ1) is 11.7. The number of carbonyl (C=O) groups excluding carboxylic acids is 1. The van der Waals surface area contributed by atoms with Crippen molar-refractivity contribution in [3.63, 3.8) is 0 Å². The molecule has 0 unspecified atom stereocenters. The second-order valence-corrected chi connectivity index (χ2v) is 5.79. The molecule has 0 atom stereocenters. The monoisotopic (exact) mass is 326 g/mol. The van der Waals surface area contributed by atoms with E-state index < -0.39 is 5.91 Å². The average Bonchev–Trinajstić information content (AvgIpc) is 2.85. The number of nitrogens with one attached hydrogen (secondary N) is 1. The molecule has 0 aliphatic carbocycles. The Bertz CT molecular complexity index is 716. The van der Waals surface area contributed by atoms with Gasteiger partial charge < -0.3 is 20.5 Å². The van der Waals surface area contributed by atoms with Crippen molar-refractivity contribution in [2.24, 2.45) is 5.73 Å². The molecule has 1 amide bonds. The van der Waals surface area contributed by atoms with Gasteiger partial charge in [-0.25, -0.2) is 0 Å². The number of fused-ring (bicyclic) bond motifs is 1. The fourth-order valence-corrected chi connectivity index (χ4v) is 2.73. The van der Waals surface area contributed by atoms with Crippen molar-refractivity contribution in [1.82, 2.24) is 5.32 Å². The highest BCUT2D eigenvalue weighted by Crippen LogP contribution is 2.33. The van der Waals surface area contributed by atoms with Crippen LogP contribution in [0.25, 0.3) is 0 Å². The van der Waals surface area contributed by atoms with E-state index in [1.807, 2.05) is 36.4 Å². The molecule has 0 radical (unpaired) electrons. The van der Waals surface area contributed by atoms with Crippen LogP contribution in [0.15, 0.2) is 42.5 Å². The summed E-state index contributed by atoms with van der Waals surface area (Å²) in [7, 11) is 0. The zero-order valence-electron chi connectivity index (χ0n) is 13.6. The predicted octanol–water partition coefficient (Wildman–Crippen LogP) is 2.28. The Morgan fingerprint density at radius 1 is 1.12 bits per heavy atom. The number of benzene rings is 2. The van der Waals surface area contributed by atoms with Crippen molar-refractivity contribution in [2.45, 2.75) is 19.4 Å². The van der Waals surface area contributed by atoms with Crippen molar-refractivity contribution < 1.29 is 14.3 Å². The van der Waals surface area contributed by atoms with Crippen LogP contribution in [0.3, 0.4) is 0 Å². The summed E-state index contributed by atoms with van der Waals surface area (Å²) >= 11 is 0. The highest BCUT2D eigenvalue weighted by molar-refractivity contribution is 5.92. The van der Waals surface area contributed by atoms with Gasteiger partial charge in [0.2, 0.25) is 5.91 Å². The maximum atomic E-state index is 11.2. The Morgan fingerprint density at radius 2 is 1.96 bits per heavy atom. The molecule has 0 bridgehead atoms. The Morgan fingerprint density at radius 3 is 2.83 bits per heavy atom.